The van der Waals surface area contributed by atoms with Gasteiger partial charge in [0.2, 0.25) is 0 Å². The standard InChI is InChI=1S/C19H25N3O4/c1-22-10-12-2-3-13(8-14(12)17(22)25)26-11-16(24)21-18-4-6-19(20,7-5-18)15(23)9-18/h2-3,8,15,23H,4-7,9-11,20H2,1H3,(H,21,24). The first-order chi connectivity index (χ1) is 12.3. The highest BCUT2D eigenvalue weighted by molar-refractivity contribution is 5.98. The van der Waals surface area contributed by atoms with Gasteiger partial charge in [-0.1, -0.05) is 6.07 Å². The van der Waals surface area contributed by atoms with E-state index in [1.165, 1.54) is 0 Å². The Morgan fingerprint density at radius 3 is 2.81 bits per heavy atom. The van der Waals surface area contributed by atoms with Crippen molar-refractivity contribution in [2.24, 2.45) is 5.73 Å². The van der Waals surface area contributed by atoms with E-state index in [-0.39, 0.29) is 24.0 Å². The topological polar surface area (TPSA) is 105 Å². The number of ether oxygens (including phenoxy) is 1. The first kappa shape index (κ1) is 17.3. The number of carbonyl (C=O) groups excluding carboxylic acids is 2. The van der Waals surface area contributed by atoms with Gasteiger partial charge in [0, 0.05) is 30.2 Å². The van der Waals surface area contributed by atoms with E-state index < -0.39 is 11.6 Å². The number of nitrogens with one attached hydrogen (secondary N) is 1. The minimum atomic E-state index is -0.578. The lowest BCUT2D eigenvalue weighted by Gasteiger charge is -2.54. The number of aliphatic hydroxyl groups is 1. The minimum Gasteiger partial charge on any atom is -0.484 e. The smallest absolute Gasteiger partial charge is 0.258 e. The van der Waals surface area contributed by atoms with Gasteiger partial charge in [0.15, 0.2) is 6.61 Å². The predicted molar refractivity (Wildman–Crippen MR) is 94.6 cm³/mol. The van der Waals surface area contributed by atoms with Crippen LogP contribution < -0.4 is 15.8 Å². The van der Waals surface area contributed by atoms with E-state index in [2.05, 4.69) is 5.32 Å². The molecular formula is C19H25N3O4. The molecular weight excluding hydrogens is 334 g/mol. The zero-order valence-electron chi connectivity index (χ0n) is 15.0. The van der Waals surface area contributed by atoms with E-state index in [9.17, 15) is 14.7 Å². The van der Waals surface area contributed by atoms with Crippen molar-refractivity contribution in [1.82, 2.24) is 10.2 Å². The van der Waals surface area contributed by atoms with Crippen molar-refractivity contribution >= 4 is 11.8 Å². The van der Waals surface area contributed by atoms with Crippen LogP contribution in [0.2, 0.25) is 0 Å². The molecule has 0 spiro atoms. The van der Waals surface area contributed by atoms with Crippen LogP contribution in [0.3, 0.4) is 0 Å². The Bertz CT molecular complexity index is 755. The molecule has 4 aliphatic rings. The van der Waals surface area contributed by atoms with Crippen LogP contribution in [-0.2, 0) is 11.3 Å². The highest BCUT2D eigenvalue weighted by Crippen LogP contribution is 2.45. The number of hydrogen-bond acceptors (Lipinski definition) is 5. The molecule has 0 radical (unpaired) electrons. The summed E-state index contributed by atoms with van der Waals surface area (Å²) in [5, 5.41) is 13.3. The Morgan fingerprint density at radius 2 is 2.12 bits per heavy atom. The molecule has 3 saturated carbocycles. The van der Waals surface area contributed by atoms with E-state index in [0.717, 1.165) is 31.2 Å². The molecule has 1 aliphatic heterocycles. The second-order valence-electron chi connectivity index (χ2n) is 8.05. The Balaban J connectivity index is 1.36. The zero-order chi connectivity index (χ0) is 18.5. The van der Waals surface area contributed by atoms with Crippen molar-refractivity contribution in [3.63, 3.8) is 0 Å². The molecule has 0 aromatic heterocycles. The number of fused-ring (bicyclic) bond motifs is 4. The molecule has 2 bridgehead atoms. The molecule has 3 fully saturated rings. The minimum absolute atomic E-state index is 0.0301. The fourth-order valence-electron chi connectivity index (χ4n) is 4.48. The van der Waals surface area contributed by atoms with Crippen LogP contribution in [0.1, 0.15) is 48.0 Å². The number of nitrogens with zero attached hydrogens (tertiary/aromatic N) is 1. The van der Waals surface area contributed by atoms with Gasteiger partial charge in [-0.2, -0.15) is 0 Å². The summed E-state index contributed by atoms with van der Waals surface area (Å²) in [5.41, 5.74) is 6.94. The molecule has 1 unspecified atom stereocenters. The molecule has 7 heteroatoms. The number of carbonyl (C=O) groups is 2. The maximum absolute atomic E-state index is 12.4. The third-order valence-electron chi connectivity index (χ3n) is 6.23. The maximum atomic E-state index is 12.4. The van der Waals surface area contributed by atoms with Gasteiger partial charge >= 0.3 is 0 Å². The second kappa shape index (κ2) is 5.96. The SMILES string of the molecule is CN1Cc2ccc(OCC(=O)NC34CCC(N)(CC3)C(O)C4)cc2C1=O. The van der Waals surface area contributed by atoms with Crippen molar-refractivity contribution in [3.8, 4) is 5.75 Å². The average molecular weight is 359 g/mol. The third kappa shape index (κ3) is 2.85. The molecule has 5 rings (SSSR count). The number of benzene rings is 1. The van der Waals surface area contributed by atoms with Gasteiger partial charge in [0.05, 0.1) is 6.10 Å². The fraction of sp³-hybridized carbons (Fsp3) is 0.579. The largest absolute Gasteiger partial charge is 0.484 e. The van der Waals surface area contributed by atoms with Crippen molar-refractivity contribution in [2.45, 2.75) is 55.8 Å². The van der Waals surface area contributed by atoms with Crippen LogP contribution in [0.15, 0.2) is 18.2 Å². The van der Waals surface area contributed by atoms with Gasteiger partial charge in [0.1, 0.15) is 5.75 Å². The average Bonchev–Trinajstić information content (AvgIpc) is 2.89. The lowest BCUT2D eigenvalue weighted by atomic mass is 9.60. The number of nitrogens with two attached hydrogens (primary N) is 1. The van der Waals surface area contributed by atoms with Crippen molar-refractivity contribution in [2.75, 3.05) is 13.7 Å². The molecule has 4 N–H and O–H groups in total. The third-order valence-corrected chi connectivity index (χ3v) is 6.23. The summed E-state index contributed by atoms with van der Waals surface area (Å²) in [7, 11) is 1.76. The number of amides is 2. The summed E-state index contributed by atoms with van der Waals surface area (Å²) in [6.07, 6.45) is 2.92. The summed E-state index contributed by atoms with van der Waals surface area (Å²) in [5.74, 6) is 0.262. The number of rotatable bonds is 4. The monoisotopic (exact) mass is 359 g/mol. The first-order valence-electron chi connectivity index (χ1n) is 9.09. The first-order valence-corrected chi connectivity index (χ1v) is 9.09. The summed E-state index contributed by atoms with van der Waals surface area (Å²) < 4.78 is 5.60. The van der Waals surface area contributed by atoms with Crippen LogP contribution in [0, 0.1) is 0 Å². The quantitative estimate of drug-likeness (QED) is 0.728. The van der Waals surface area contributed by atoms with E-state index in [0.29, 0.717) is 24.3 Å². The molecule has 26 heavy (non-hydrogen) atoms. The van der Waals surface area contributed by atoms with E-state index >= 15 is 0 Å². The maximum Gasteiger partial charge on any atom is 0.258 e. The van der Waals surface area contributed by atoms with Gasteiger partial charge < -0.3 is 25.8 Å². The molecule has 1 atom stereocenters. The van der Waals surface area contributed by atoms with E-state index in [1.807, 2.05) is 6.07 Å². The molecule has 7 nitrogen and oxygen atoms in total. The van der Waals surface area contributed by atoms with Crippen LogP contribution in [-0.4, -0.2) is 52.7 Å². The fourth-order valence-corrected chi connectivity index (χ4v) is 4.48. The molecule has 3 aliphatic carbocycles. The number of hydrogen-bond donors (Lipinski definition) is 3. The van der Waals surface area contributed by atoms with Gasteiger partial charge in [0.25, 0.3) is 11.8 Å². The highest BCUT2D eigenvalue weighted by atomic mass is 16.5. The Morgan fingerprint density at radius 1 is 1.38 bits per heavy atom. The lowest BCUT2D eigenvalue weighted by molar-refractivity contribution is -0.128. The van der Waals surface area contributed by atoms with Gasteiger partial charge in [-0.05, 0) is 49.8 Å². The van der Waals surface area contributed by atoms with E-state index in [4.69, 9.17) is 10.5 Å². The highest BCUT2D eigenvalue weighted by Gasteiger charge is 2.52. The molecule has 1 heterocycles. The molecule has 140 valence electrons. The molecule has 0 saturated heterocycles. The van der Waals surface area contributed by atoms with E-state index in [1.54, 1.807) is 24.1 Å². The van der Waals surface area contributed by atoms with Crippen molar-refractivity contribution < 1.29 is 19.4 Å². The second-order valence-corrected chi connectivity index (χ2v) is 8.05. The van der Waals surface area contributed by atoms with Crippen LogP contribution in [0.5, 0.6) is 5.75 Å². The molecule has 1 aromatic rings. The molecule has 1 aromatic carbocycles. The van der Waals surface area contributed by atoms with Gasteiger partial charge in [-0.3, -0.25) is 9.59 Å². The van der Waals surface area contributed by atoms with Crippen molar-refractivity contribution in [1.29, 1.82) is 0 Å². The normalized spacial score (nSPS) is 32.5. The Labute approximate surface area is 152 Å². The summed E-state index contributed by atoms with van der Waals surface area (Å²) in [4.78, 5) is 26.1. The summed E-state index contributed by atoms with van der Waals surface area (Å²) in [6.45, 7) is 0.483. The van der Waals surface area contributed by atoms with Crippen LogP contribution in [0.25, 0.3) is 0 Å². The van der Waals surface area contributed by atoms with Gasteiger partial charge in [-0.15, -0.1) is 0 Å². The molecule has 2 amide bonds. The van der Waals surface area contributed by atoms with Crippen molar-refractivity contribution in [3.05, 3.63) is 29.3 Å². The Kier molecular flexibility index (Phi) is 3.96. The Hall–Kier alpha value is -2.12. The zero-order valence-corrected chi connectivity index (χ0v) is 15.0. The van der Waals surface area contributed by atoms with Gasteiger partial charge in [-0.25, -0.2) is 0 Å². The van der Waals surface area contributed by atoms with Crippen LogP contribution >= 0.6 is 0 Å². The predicted octanol–water partition coefficient (Wildman–Crippen LogP) is 0.542. The lowest BCUT2D eigenvalue weighted by Crippen LogP contribution is -2.68. The summed E-state index contributed by atoms with van der Waals surface area (Å²) >= 11 is 0. The summed E-state index contributed by atoms with van der Waals surface area (Å²) in [6, 6.07) is 5.34. The van der Waals surface area contributed by atoms with Crippen LogP contribution in [0.4, 0.5) is 0 Å². The number of aliphatic hydroxyl groups excluding tert-OH is 1.